The summed E-state index contributed by atoms with van der Waals surface area (Å²) in [5.41, 5.74) is 3.56. The van der Waals surface area contributed by atoms with Crippen LogP contribution in [0.4, 0.5) is 0 Å². The van der Waals surface area contributed by atoms with Crippen molar-refractivity contribution in [1.82, 2.24) is 0 Å². The van der Waals surface area contributed by atoms with Gasteiger partial charge in [-0.25, -0.2) is 0 Å². The van der Waals surface area contributed by atoms with Crippen molar-refractivity contribution in [3.63, 3.8) is 0 Å². The van der Waals surface area contributed by atoms with E-state index < -0.39 is 0 Å². The van der Waals surface area contributed by atoms with Crippen molar-refractivity contribution in [2.75, 3.05) is 16.9 Å². The van der Waals surface area contributed by atoms with Crippen molar-refractivity contribution in [2.24, 2.45) is 0 Å². The molecule has 5 heteroatoms. The number of rotatable bonds is 5. The van der Waals surface area contributed by atoms with Gasteiger partial charge in [0.15, 0.2) is 11.6 Å². The van der Waals surface area contributed by atoms with Gasteiger partial charge >= 0.3 is 0 Å². The molecule has 0 radical (unpaired) electrons. The molecule has 0 atom stereocenters. The van der Waals surface area contributed by atoms with E-state index in [-0.39, 0.29) is 11.6 Å². The van der Waals surface area contributed by atoms with Crippen LogP contribution in [0.25, 0.3) is 21.9 Å². The zero-order chi connectivity index (χ0) is 21.1. The quantitative estimate of drug-likeness (QED) is 0.217. The monoisotopic (exact) mass is 522 g/mol. The number of benzene rings is 3. The van der Waals surface area contributed by atoms with Gasteiger partial charge in [-0.3, -0.25) is 9.59 Å². The highest BCUT2D eigenvalue weighted by Gasteiger charge is 2.07. The Hall–Kier alpha value is -1.43. The lowest BCUT2D eigenvalue weighted by atomic mass is 9.98. The molecule has 0 spiro atoms. The largest absolute Gasteiger partial charge is 0.293 e. The van der Waals surface area contributed by atoms with Crippen LogP contribution < -0.4 is 0 Å². The molecule has 0 heterocycles. The average molecular weight is 524 g/mol. The first-order chi connectivity index (χ1) is 13.6. The van der Waals surface area contributed by atoms with Crippen molar-refractivity contribution >= 4 is 66.8 Å². The second-order valence-corrected chi connectivity index (χ2v) is 6.59. The van der Waals surface area contributed by atoms with Crippen molar-refractivity contribution in [2.45, 2.75) is 13.8 Å². The van der Waals surface area contributed by atoms with Crippen LogP contribution in [0.2, 0.25) is 0 Å². The highest BCUT2D eigenvalue weighted by molar-refractivity contribution is 9.09. The SMILES string of the molecule is CC.CS.O=C(CBr)c1ccc(-c2ccc3cc(C(=O)CBr)ccc3c2)cc1. The Morgan fingerprint density at radius 3 is 1.68 bits per heavy atom. The number of halogens is 2. The van der Waals surface area contributed by atoms with E-state index in [0.717, 1.165) is 21.9 Å². The number of fused-ring (bicyclic) bond motifs is 1. The first-order valence-corrected chi connectivity index (χ1v) is 12.0. The number of alkyl halides is 2. The third-order valence-electron chi connectivity index (χ3n) is 3.95. The molecule has 0 aliphatic heterocycles. The summed E-state index contributed by atoms with van der Waals surface area (Å²) in [4.78, 5) is 23.4. The first kappa shape index (κ1) is 24.6. The minimum Gasteiger partial charge on any atom is -0.293 e. The molecule has 3 aromatic carbocycles. The number of hydrogen-bond acceptors (Lipinski definition) is 3. The molecule has 2 nitrogen and oxygen atoms in total. The Morgan fingerprint density at radius 2 is 1.11 bits per heavy atom. The van der Waals surface area contributed by atoms with E-state index in [1.807, 2.05) is 68.4 Å². The van der Waals surface area contributed by atoms with Crippen LogP contribution in [0.5, 0.6) is 0 Å². The summed E-state index contributed by atoms with van der Waals surface area (Å²) >= 11 is 9.92. The molecule has 0 aliphatic rings. The molecule has 0 aliphatic carbocycles. The number of hydrogen-bond donors (Lipinski definition) is 1. The lowest BCUT2D eigenvalue weighted by Crippen LogP contribution is -1.99. The molecule has 0 saturated heterocycles. The lowest BCUT2D eigenvalue weighted by Gasteiger charge is -2.07. The van der Waals surface area contributed by atoms with Gasteiger partial charge in [0.1, 0.15) is 0 Å². The number of thiol groups is 1. The normalized spacial score (nSPS) is 9.64. The maximum atomic E-state index is 11.8. The van der Waals surface area contributed by atoms with Gasteiger partial charge in [0.2, 0.25) is 0 Å². The highest BCUT2D eigenvalue weighted by atomic mass is 79.9. The van der Waals surface area contributed by atoms with Gasteiger partial charge in [-0.1, -0.05) is 94.2 Å². The summed E-state index contributed by atoms with van der Waals surface area (Å²) in [6.07, 6.45) is 1.69. The van der Waals surface area contributed by atoms with Crippen molar-refractivity contribution < 1.29 is 9.59 Å². The average Bonchev–Trinajstić information content (AvgIpc) is 2.80. The Kier molecular flexibility index (Phi) is 11.4. The Balaban J connectivity index is 0.000000921. The third kappa shape index (κ3) is 6.29. The summed E-state index contributed by atoms with van der Waals surface area (Å²) < 4.78 is 0. The molecule has 0 saturated carbocycles. The number of Topliss-reactive ketones (excluding diaryl/α,β-unsaturated/α-hetero) is 2. The van der Waals surface area contributed by atoms with Crippen molar-refractivity contribution in [1.29, 1.82) is 0 Å². The van der Waals surface area contributed by atoms with E-state index in [2.05, 4.69) is 50.6 Å². The zero-order valence-corrected chi connectivity index (χ0v) is 20.3. The van der Waals surface area contributed by atoms with Crippen LogP contribution in [0, 0.1) is 0 Å². The molecule has 0 bridgehead atoms. The van der Waals surface area contributed by atoms with Crippen LogP contribution in [-0.2, 0) is 0 Å². The predicted molar refractivity (Wildman–Crippen MR) is 132 cm³/mol. The number of ketones is 2. The van der Waals surface area contributed by atoms with E-state index in [1.165, 1.54) is 0 Å². The van der Waals surface area contributed by atoms with E-state index >= 15 is 0 Å². The Morgan fingerprint density at radius 1 is 0.679 bits per heavy atom. The fourth-order valence-corrected chi connectivity index (χ4v) is 3.25. The lowest BCUT2D eigenvalue weighted by molar-refractivity contribution is 0.101. The number of carbonyl (C=O) groups is 2. The van der Waals surface area contributed by atoms with E-state index in [0.29, 0.717) is 21.8 Å². The predicted octanol–water partition coefficient (Wildman–Crippen LogP) is 7.23. The zero-order valence-electron chi connectivity index (χ0n) is 16.2. The van der Waals surface area contributed by atoms with Crippen LogP contribution in [0.15, 0.2) is 60.7 Å². The summed E-state index contributed by atoms with van der Waals surface area (Å²) in [6.45, 7) is 4.00. The summed E-state index contributed by atoms with van der Waals surface area (Å²) in [6, 6.07) is 19.5. The maximum Gasteiger partial charge on any atom is 0.173 e. The molecule has 0 unspecified atom stereocenters. The summed E-state index contributed by atoms with van der Waals surface area (Å²) in [7, 11) is 0. The molecule has 0 amide bonds. The molecular weight excluding hydrogens is 500 g/mol. The first-order valence-electron chi connectivity index (χ1n) is 8.89. The van der Waals surface area contributed by atoms with E-state index in [9.17, 15) is 9.59 Å². The molecule has 0 N–H and O–H groups in total. The molecular formula is C23H24Br2O2S. The van der Waals surface area contributed by atoms with Crippen LogP contribution in [0.3, 0.4) is 0 Å². The van der Waals surface area contributed by atoms with Gasteiger partial charge < -0.3 is 0 Å². The fraction of sp³-hybridized carbons (Fsp3) is 0.217. The summed E-state index contributed by atoms with van der Waals surface area (Å²) in [5, 5.41) is 2.78. The maximum absolute atomic E-state index is 11.8. The van der Waals surface area contributed by atoms with Gasteiger partial charge in [-0.15, -0.1) is 0 Å². The second kappa shape index (κ2) is 12.9. The van der Waals surface area contributed by atoms with Crippen molar-refractivity contribution in [3.05, 3.63) is 71.8 Å². The van der Waals surface area contributed by atoms with Crippen LogP contribution >= 0.6 is 44.5 Å². The fourth-order valence-electron chi connectivity index (χ4n) is 2.60. The third-order valence-corrected chi connectivity index (χ3v) is 4.96. The summed E-state index contributed by atoms with van der Waals surface area (Å²) in [5.74, 6) is 0.150. The minimum absolute atomic E-state index is 0.0732. The van der Waals surface area contributed by atoms with Crippen molar-refractivity contribution in [3.8, 4) is 11.1 Å². The standard InChI is InChI=1S/C20H14Br2O2.C2H6.CH4S/c21-11-19(23)14-3-1-13(2-4-14)15-5-6-17-10-18(20(24)12-22)8-7-16(17)9-15;2*1-2/h1-10H,11-12H2;1-2H3;2H,1H3. The highest BCUT2D eigenvalue weighted by Crippen LogP contribution is 2.26. The Labute approximate surface area is 189 Å². The number of carbonyl (C=O) groups excluding carboxylic acids is 2. The molecule has 3 aromatic rings. The second-order valence-electron chi connectivity index (χ2n) is 5.47. The van der Waals surface area contributed by atoms with Gasteiger partial charge in [-0.2, -0.15) is 12.6 Å². The van der Waals surface area contributed by atoms with Crippen LogP contribution in [-0.4, -0.2) is 28.5 Å². The minimum atomic E-state index is 0.0732. The van der Waals surface area contributed by atoms with Crippen LogP contribution in [0.1, 0.15) is 34.6 Å². The molecule has 28 heavy (non-hydrogen) atoms. The van der Waals surface area contributed by atoms with E-state index in [1.54, 1.807) is 6.26 Å². The molecule has 148 valence electrons. The Bertz CT molecular complexity index is 922. The van der Waals surface area contributed by atoms with E-state index in [4.69, 9.17) is 0 Å². The smallest absolute Gasteiger partial charge is 0.173 e. The van der Waals surface area contributed by atoms with Gasteiger partial charge in [0, 0.05) is 11.1 Å². The molecule has 3 rings (SSSR count). The van der Waals surface area contributed by atoms with Gasteiger partial charge in [0.05, 0.1) is 10.7 Å². The van der Waals surface area contributed by atoms with Gasteiger partial charge in [-0.05, 0) is 40.3 Å². The van der Waals surface area contributed by atoms with Gasteiger partial charge in [0.25, 0.3) is 0 Å². The topological polar surface area (TPSA) is 34.1 Å². The molecule has 0 aromatic heterocycles. The molecule has 0 fully saturated rings.